The molecule has 0 atom stereocenters. The van der Waals surface area contributed by atoms with Crippen molar-refractivity contribution < 1.29 is 14.3 Å². The number of amides is 2. The molecule has 0 bridgehead atoms. The number of carbonyl (C=O) groups is 2. The largest absolute Gasteiger partial charge is 0.494 e. The summed E-state index contributed by atoms with van der Waals surface area (Å²) in [5.74, 6) is 0.364. The van der Waals surface area contributed by atoms with Crippen molar-refractivity contribution in [2.24, 2.45) is 0 Å². The summed E-state index contributed by atoms with van der Waals surface area (Å²) in [7, 11) is 3.40. The molecule has 2 aromatic carbocycles. The molecular formula is C23H29N3O3S. The fourth-order valence-electron chi connectivity index (χ4n) is 2.71. The molecule has 0 aromatic heterocycles. The zero-order valence-corrected chi connectivity index (χ0v) is 18.6. The van der Waals surface area contributed by atoms with E-state index < -0.39 is 0 Å². The number of carbonyl (C=O) groups excluding carboxylic acids is 2. The van der Waals surface area contributed by atoms with Crippen LogP contribution in [0.15, 0.2) is 48.5 Å². The fourth-order valence-corrected chi connectivity index (χ4v) is 2.92. The van der Waals surface area contributed by atoms with Crippen LogP contribution in [-0.4, -0.2) is 42.5 Å². The lowest BCUT2D eigenvalue weighted by atomic mass is 10.2. The average molecular weight is 428 g/mol. The van der Waals surface area contributed by atoms with E-state index in [4.69, 9.17) is 17.0 Å². The normalized spacial score (nSPS) is 10.2. The van der Waals surface area contributed by atoms with Gasteiger partial charge in [0.2, 0.25) is 0 Å². The molecule has 0 aliphatic heterocycles. The number of hydrogen-bond donors (Lipinski definition) is 2. The van der Waals surface area contributed by atoms with Crippen molar-refractivity contribution in [2.45, 2.75) is 32.6 Å². The molecule has 0 saturated carbocycles. The van der Waals surface area contributed by atoms with Crippen molar-refractivity contribution in [1.29, 1.82) is 0 Å². The molecule has 0 unspecified atom stereocenters. The second-order valence-corrected chi connectivity index (χ2v) is 7.53. The Morgan fingerprint density at radius 1 is 0.933 bits per heavy atom. The van der Waals surface area contributed by atoms with Gasteiger partial charge in [0, 0.05) is 30.9 Å². The van der Waals surface area contributed by atoms with Gasteiger partial charge in [-0.3, -0.25) is 14.9 Å². The highest BCUT2D eigenvalue weighted by atomic mass is 32.1. The van der Waals surface area contributed by atoms with Crippen LogP contribution in [0.1, 0.15) is 53.3 Å². The van der Waals surface area contributed by atoms with E-state index in [0.29, 0.717) is 23.4 Å². The Labute approximate surface area is 183 Å². The summed E-state index contributed by atoms with van der Waals surface area (Å²) in [6, 6.07) is 13.9. The molecule has 0 fully saturated rings. The molecule has 2 rings (SSSR count). The number of thiocarbonyl (C=S) groups is 1. The van der Waals surface area contributed by atoms with Crippen molar-refractivity contribution in [3.05, 3.63) is 59.7 Å². The Morgan fingerprint density at radius 3 is 2.17 bits per heavy atom. The zero-order valence-electron chi connectivity index (χ0n) is 17.7. The minimum absolute atomic E-state index is 0.0779. The van der Waals surface area contributed by atoms with Gasteiger partial charge >= 0.3 is 0 Å². The van der Waals surface area contributed by atoms with Gasteiger partial charge in [-0.25, -0.2) is 0 Å². The molecule has 0 aliphatic carbocycles. The predicted octanol–water partition coefficient (Wildman–Crippen LogP) is 4.47. The fraction of sp³-hybridized carbons (Fsp3) is 0.348. The maximum absolute atomic E-state index is 12.4. The highest BCUT2D eigenvalue weighted by Gasteiger charge is 2.10. The minimum atomic E-state index is -0.304. The van der Waals surface area contributed by atoms with E-state index in [9.17, 15) is 9.59 Å². The van der Waals surface area contributed by atoms with Gasteiger partial charge in [0.05, 0.1) is 6.61 Å². The van der Waals surface area contributed by atoms with Crippen molar-refractivity contribution in [2.75, 3.05) is 26.0 Å². The molecule has 6 nitrogen and oxygen atoms in total. The summed E-state index contributed by atoms with van der Waals surface area (Å²) in [5.41, 5.74) is 1.75. The molecule has 2 aromatic rings. The van der Waals surface area contributed by atoms with Crippen LogP contribution in [0, 0.1) is 0 Å². The maximum atomic E-state index is 12.4. The third kappa shape index (κ3) is 7.48. The number of benzene rings is 2. The van der Waals surface area contributed by atoms with Crippen LogP contribution in [0.25, 0.3) is 0 Å². The molecule has 0 aliphatic rings. The van der Waals surface area contributed by atoms with Crippen molar-refractivity contribution in [1.82, 2.24) is 10.2 Å². The molecule has 7 heteroatoms. The van der Waals surface area contributed by atoms with E-state index >= 15 is 0 Å². The van der Waals surface area contributed by atoms with Gasteiger partial charge in [0.25, 0.3) is 11.8 Å². The number of rotatable bonds is 9. The van der Waals surface area contributed by atoms with Gasteiger partial charge in [-0.15, -0.1) is 0 Å². The molecular weight excluding hydrogens is 398 g/mol. The van der Waals surface area contributed by atoms with Crippen LogP contribution < -0.4 is 15.4 Å². The number of hydrogen-bond acceptors (Lipinski definition) is 4. The summed E-state index contributed by atoms with van der Waals surface area (Å²) < 4.78 is 5.69. The van der Waals surface area contributed by atoms with E-state index in [-0.39, 0.29) is 16.9 Å². The van der Waals surface area contributed by atoms with Crippen molar-refractivity contribution in [3.8, 4) is 5.75 Å². The summed E-state index contributed by atoms with van der Waals surface area (Å²) in [6.07, 6.45) is 4.60. The molecule has 0 heterocycles. The van der Waals surface area contributed by atoms with Crippen LogP contribution in [0.2, 0.25) is 0 Å². The van der Waals surface area contributed by atoms with E-state index in [0.717, 1.165) is 18.6 Å². The second-order valence-electron chi connectivity index (χ2n) is 7.12. The highest BCUT2D eigenvalue weighted by molar-refractivity contribution is 7.80. The van der Waals surface area contributed by atoms with Crippen LogP contribution in [0.4, 0.5) is 5.69 Å². The molecule has 30 heavy (non-hydrogen) atoms. The lowest BCUT2D eigenvalue weighted by Crippen LogP contribution is -2.34. The Bertz CT molecular complexity index is 849. The Kier molecular flexibility index (Phi) is 9.28. The van der Waals surface area contributed by atoms with Gasteiger partial charge in [-0.1, -0.05) is 26.2 Å². The summed E-state index contributed by atoms with van der Waals surface area (Å²) in [4.78, 5) is 25.8. The molecule has 0 radical (unpaired) electrons. The van der Waals surface area contributed by atoms with Crippen molar-refractivity contribution in [3.63, 3.8) is 0 Å². The highest BCUT2D eigenvalue weighted by Crippen LogP contribution is 2.14. The Morgan fingerprint density at radius 2 is 1.57 bits per heavy atom. The smallest absolute Gasteiger partial charge is 0.257 e. The zero-order chi connectivity index (χ0) is 21.9. The van der Waals surface area contributed by atoms with Gasteiger partial charge < -0.3 is 15.0 Å². The number of nitrogens with one attached hydrogen (secondary N) is 2. The Balaban J connectivity index is 1.82. The number of ether oxygens (including phenoxy) is 1. The molecule has 160 valence electrons. The van der Waals surface area contributed by atoms with Crippen LogP contribution in [-0.2, 0) is 0 Å². The molecule has 2 amide bonds. The summed E-state index contributed by atoms with van der Waals surface area (Å²) >= 11 is 5.21. The van der Waals surface area contributed by atoms with Gasteiger partial charge in [-0.05, 0) is 67.2 Å². The molecule has 2 N–H and O–H groups in total. The summed E-state index contributed by atoms with van der Waals surface area (Å²) in [6.45, 7) is 2.86. The first kappa shape index (κ1) is 23.3. The van der Waals surface area contributed by atoms with Gasteiger partial charge in [0.1, 0.15) is 5.75 Å². The monoisotopic (exact) mass is 427 g/mol. The lowest BCUT2D eigenvalue weighted by Gasteiger charge is -2.12. The average Bonchev–Trinajstić information content (AvgIpc) is 2.74. The van der Waals surface area contributed by atoms with E-state index in [1.165, 1.54) is 17.7 Å². The van der Waals surface area contributed by atoms with Crippen LogP contribution in [0.3, 0.4) is 0 Å². The third-order valence-corrected chi connectivity index (χ3v) is 4.61. The number of anilines is 1. The maximum Gasteiger partial charge on any atom is 0.257 e. The Hall–Kier alpha value is -2.93. The van der Waals surface area contributed by atoms with E-state index in [2.05, 4.69) is 17.6 Å². The molecule has 0 spiro atoms. The first-order valence-electron chi connectivity index (χ1n) is 10.1. The standard InChI is InChI=1S/C23H29N3O3S/c1-4-5-6-7-16-29-20-14-10-17(11-15-20)21(27)25-23(30)24-19-12-8-18(9-13-19)22(28)26(2)3/h8-15H,4-7,16H2,1-3H3,(H2,24,25,27,30). The SMILES string of the molecule is CCCCCCOc1ccc(C(=O)NC(=S)Nc2ccc(C(=O)N(C)C)cc2)cc1. The third-order valence-electron chi connectivity index (χ3n) is 4.41. The second kappa shape index (κ2) is 11.9. The number of unbranched alkanes of at least 4 members (excludes halogenated alkanes) is 3. The van der Waals surface area contributed by atoms with Crippen LogP contribution >= 0.6 is 12.2 Å². The van der Waals surface area contributed by atoms with Crippen LogP contribution in [0.5, 0.6) is 5.75 Å². The molecule has 0 saturated heterocycles. The first-order chi connectivity index (χ1) is 14.4. The quantitative estimate of drug-likeness (QED) is 0.456. The number of nitrogens with zero attached hydrogens (tertiary/aromatic N) is 1. The first-order valence-corrected chi connectivity index (χ1v) is 10.5. The minimum Gasteiger partial charge on any atom is -0.494 e. The predicted molar refractivity (Wildman–Crippen MR) is 124 cm³/mol. The van der Waals surface area contributed by atoms with Gasteiger partial charge in [-0.2, -0.15) is 0 Å². The van der Waals surface area contributed by atoms with E-state index in [1.54, 1.807) is 62.6 Å². The van der Waals surface area contributed by atoms with E-state index in [1.807, 2.05) is 0 Å². The summed E-state index contributed by atoms with van der Waals surface area (Å²) in [5, 5.41) is 5.78. The van der Waals surface area contributed by atoms with Crippen molar-refractivity contribution >= 4 is 34.8 Å². The lowest BCUT2D eigenvalue weighted by molar-refractivity contribution is 0.0827. The van der Waals surface area contributed by atoms with Gasteiger partial charge in [0.15, 0.2) is 5.11 Å². The topological polar surface area (TPSA) is 70.7 Å².